The van der Waals surface area contributed by atoms with Gasteiger partial charge in [-0.2, -0.15) is 26.3 Å². The molecule has 0 unspecified atom stereocenters. The lowest BCUT2D eigenvalue weighted by Crippen LogP contribution is -2.16. The maximum absolute atomic E-state index is 13.3. The van der Waals surface area contributed by atoms with Gasteiger partial charge in [0.15, 0.2) is 0 Å². The van der Waals surface area contributed by atoms with E-state index in [1.54, 1.807) is 34.9 Å². The Morgan fingerprint density at radius 2 is 1.49 bits per heavy atom. The Morgan fingerprint density at radius 1 is 0.854 bits per heavy atom. The third kappa shape index (κ3) is 6.22. The molecule has 3 aromatic carbocycles. The molecule has 0 aliphatic carbocycles. The summed E-state index contributed by atoms with van der Waals surface area (Å²) in [6, 6.07) is 19.8. The number of halogens is 7. The predicted octanol–water partition coefficient (Wildman–Crippen LogP) is 8.63. The second-order valence-electron chi connectivity index (χ2n) is 8.90. The van der Waals surface area contributed by atoms with E-state index in [2.05, 4.69) is 26.2 Å². The highest BCUT2D eigenvalue weighted by Crippen LogP contribution is 2.38. The van der Waals surface area contributed by atoms with Crippen LogP contribution in [0.5, 0.6) is 5.75 Å². The highest BCUT2D eigenvalue weighted by atomic mass is 79.9. The molecule has 210 valence electrons. The van der Waals surface area contributed by atoms with Gasteiger partial charge in [0.1, 0.15) is 22.9 Å². The van der Waals surface area contributed by atoms with Crippen LogP contribution in [0.1, 0.15) is 27.0 Å². The lowest BCUT2D eigenvalue weighted by atomic mass is 10.0. The largest absolute Gasteiger partial charge is 0.422 e. The second-order valence-corrected chi connectivity index (χ2v) is 9.82. The molecule has 0 fully saturated rings. The number of aromatic nitrogens is 2. The van der Waals surface area contributed by atoms with Gasteiger partial charge in [-0.25, -0.2) is 9.78 Å². The van der Waals surface area contributed by atoms with E-state index in [1.807, 2.05) is 30.3 Å². The number of carbonyl (C=O) groups excluding carboxylic acids is 1. The third-order valence-electron chi connectivity index (χ3n) is 6.05. The fraction of sp³-hybridized carbons (Fsp3) is 0.103. The van der Waals surface area contributed by atoms with Crippen LogP contribution in [-0.4, -0.2) is 15.4 Å². The van der Waals surface area contributed by atoms with Crippen LogP contribution in [0.2, 0.25) is 0 Å². The van der Waals surface area contributed by atoms with Gasteiger partial charge in [0.2, 0.25) is 0 Å². The first kappa shape index (κ1) is 28.2. The van der Waals surface area contributed by atoms with Gasteiger partial charge in [-0.3, -0.25) is 4.40 Å². The average molecular weight is 634 g/mol. The number of nitrogens with one attached hydrogen (secondary N) is 1. The van der Waals surface area contributed by atoms with Crippen LogP contribution >= 0.6 is 15.9 Å². The molecule has 1 N–H and O–H groups in total. The number of pyridine rings is 1. The summed E-state index contributed by atoms with van der Waals surface area (Å²) in [5, 5.41) is 3.33. The molecule has 0 bridgehead atoms. The van der Waals surface area contributed by atoms with Crippen molar-refractivity contribution < 1.29 is 35.9 Å². The number of nitrogens with zero attached hydrogens (tertiary/aromatic N) is 2. The van der Waals surface area contributed by atoms with Crippen LogP contribution in [0.25, 0.3) is 16.9 Å². The van der Waals surface area contributed by atoms with Crippen molar-refractivity contribution >= 4 is 33.4 Å². The van der Waals surface area contributed by atoms with E-state index >= 15 is 0 Å². The summed E-state index contributed by atoms with van der Waals surface area (Å²) in [5.74, 6) is -0.972. The van der Waals surface area contributed by atoms with E-state index in [4.69, 9.17) is 4.74 Å². The van der Waals surface area contributed by atoms with E-state index < -0.39 is 35.0 Å². The second kappa shape index (κ2) is 10.9. The van der Waals surface area contributed by atoms with Gasteiger partial charge in [0, 0.05) is 22.8 Å². The minimum atomic E-state index is -5.11. The number of hydrogen-bond acceptors (Lipinski definition) is 4. The molecule has 0 aliphatic rings. The molecular weight excluding hydrogens is 616 g/mol. The smallest absolute Gasteiger partial charge is 0.416 e. The molecule has 0 amide bonds. The SMILES string of the molecule is O=C(Oc1ccccc1-c1nc2ccc(Br)cn2c1NCc1ccccc1)c1cc(C(F)(F)F)cc(C(F)(F)F)c1. The number of rotatable bonds is 6. The summed E-state index contributed by atoms with van der Waals surface area (Å²) in [4.78, 5) is 17.6. The average Bonchev–Trinajstić information content (AvgIpc) is 3.28. The number of para-hydroxylation sites is 1. The van der Waals surface area contributed by atoms with Crippen molar-refractivity contribution in [3.05, 3.63) is 118 Å². The Labute approximate surface area is 237 Å². The van der Waals surface area contributed by atoms with Crippen molar-refractivity contribution in [3.8, 4) is 17.0 Å². The highest BCUT2D eigenvalue weighted by Gasteiger charge is 2.38. The third-order valence-corrected chi connectivity index (χ3v) is 6.52. The lowest BCUT2D eigenvalue weighted by Gasteiger charge is -2.15. The van der Waals surface area contributed by atoms with Crippen molar-refractivity contribution in [1.29, 1.82) is 0 Å². The van der Waals surface area contributed by atoms with Crippen LogP contribution in [-0.2, 0) is 18.9 Å². The molecule has 0 radical (unpaired) electrons. The zero-order chi connectivity index (χ0) is 29.4. The number of anilines is 1. The van der Waals surface area contributed by atoms with Gasteiger partial charge in [-0.05, 0) is 64.0 Å². The zero-order valence-electron chi connectivity index (χ0n) is 20.7. The van der Waals surface area contributed by atoms with E-state index in [-0.39, 0.29) is 11.8 Å². The fourth-order valence-corrected chi connectivity index (χ4v) is 4.48. The number of alkyl halides is 6. The van der Waals surface area contributed by atoms with Crippen molar-refractivity contribution in [2.45, 2.75) is 18.9 Å². The zero-order valence-corrected chi connectivity index (χ0v) is 22.3. The summed E-state index contributed by atoms with van der Waals surface area (Å²) in [7, 11) is 0. The maximum Gasteiger partial charge on any atom is 0.416 e. The summed E-state index contributed by atoms with van der Waals surface area (Å²) < 4.78 is 88.0. The monoisotopic (exact) mass is 633 g/mol. The Morgan fingerprint density at radius 3 is 2.15 bits per heavy atom. The summed E-state index contributed by atoms with van der Waals surface area (Å²) >= 11 is 3.43. The number of imidazole rings is 1. The quantitative estimate of drug-likeness (QED) is 0.116. The van der Waals surface area contributed by atoms with Gasteiger partial charge in [-0.1, -0.05) is 42.5 Å². The van der Waals surface area contributed by atoms with Crippen LogP contribution in [0.15, 0.2) is 95.6 Å². The molecule has 2 heterocycles. The molecule has 41 heavy (non-hydrogen) atoms. The van der Waals surface area contributed by atoms with Crippen molar-refractivity contribution in [3.63, 3.8) is 0 Å². The van der Waals surface area contributed by atoms with E-state index in [9.17, 15) is 31.1 Å². The number of carbonyl (C=O) groups is 1. The molecule has 5 aromatic rings. The normalized spacial score (nSPS) is 12.0. The topological polar surface area (TPSA) is 55.6 Å². The Hall–Kier alpha value is -4.32. The molecule has 12 heteroatoms. The van der Waals surface area contributed by atoms with Crippen LogP contribution < -0.4 is 10.1 Å². The van der Waals surface area contributed by atoms with E-state index in [0.717, 1.165) is 10.0 Å². The van der Waals surface area contributed by atoms with Crippen LogP contribution in [0.3, 0.4) is 0 Å². The summed E-state index contributed by atoms with van der Waals surface area (Å²) in [6.45, 7) is 0.403. The molecule has 5 rings (SSSR count). The Kier molecular flexibility index (Phi) is 7.52. The summed E-state index contributed by atoms with van der Waals surface area (Å²) in [5.41, 5.74) is -2.00. The first-order chi connectivity index (χ1) is 19.4. The molecular formula is C29H18BrF6N3O2. The van der Waals surface area contributed by atoms with Gasteiger partial charge in [0.05, 0.1) is 16.7 Å². The predicted molar refractivity (Wildman–Crippen MR) is 144 cm³/mol. The minimum Gasteiger partial charge on any atom is -0.422 e. The maximum atomic E-state index is 13.3. The number of ether oxygens (including phenoxy) is 1. The summed E-state index contributed by atoms with van der Waals surface area (Å²) in [6.07, 6.45) is -8.45. The molecule has 0 atom stereocenters. The highest BCUT2D eigenvalue weighted by molar-refractivity contribution is 9.10. The first-order valence-electron chi connectivity index (χ1n) is 12.0. The van der Waals surface area contributed by atoms with Gasteiger partial charge in [0.25, 0.3) is 0 Å². The van der Waals surface area contributed by atoms with Crippen molar-refractivity contribution in [2.24, 2.45) is 0 Å². The number of benzene rings is 3. The van der Waals surface area contributed by atoms with Crippen LogP contribution in [0, 0.1) is 0 Å². The lowest BCUT2D eigenvalue weighted by molar-refractivity contribution is -0.143. The number of fused-ring (bicyclic) bond motifs is 1. The van der Waals surface area contributed by atoms with E-state index in [1.165, 1.54) is 12.1 Å². The molecule has 0 saturated heterocycles. The van der Waals surface area contributed by atoms with Crippen molar-refractivity contribution in [1.82, 2.24) is 9.38 Å². The molecule has 5 nitrogen and oxygen atoms in total. The van der Waals surface area contributed by atoms with E-state index in [0.29, 0.717) is 41.4 Å². The molecule has 0 saturated carbocycles. The molecule has 2 aromatic heterocycles. The first-order valence-corrected chi connectivity index (χ1v) is 12.8. The van der Waals surface area contributed by atoms with Gasteiger partial charge in [-0.15, -0.1) is 0 Å². The Bertz CT molecular complexity index is 1700. The minimum absolute atomic E-state index is 0.0514. The fourth-order valence-electron chi connectivity index (χ4n) is 4.14. The van der Waals surface area contributed by atoms with Gasteiger partial charge < -0.3 is 10.1 Å². The molecule has 0 aliphatic heterocycles. The number of esters is 1. The van der Waals surface area contributed by atoms with Crippen LogP contribution in [0.4, 0.5) is 32.2 Å². The Balaban J connectivity index is 1.55. The van der Waals surface area contributed by atoms with Gasteiger partial charge >= 0.3 is 18.3 Å². The number of hydrogen-bond donors (Lipinski definition) is 1. The standard InChI is InChI=1S/C29H18BrF6N3O2/c30-21-10-11-24-38-25(26(39(24)16-21)37-15-17-6-2-1-3-7-17)22-8-4-5-9-23(22)41-27(40)18-12-19(28(31,32)33)14-20(13-18)29(34,35)36/h1-14,16,37H,15H2. The molecule has 0 spiro atoms. The van der Waals surface area contributed by atoms with Crippen molar-refractivity contribution in [2.75, 3.05) is 5.32 Å².